The molecule has 2 amide bonds. The molecule has 3 rings (SSSR count). The highest BCUT2D eigenvalue weighted by molar-refractivity contribution is 9.10. The van der Waals surface area contributed by atoms with Crippen LogP contribution in [0.1, 0.15) is 24.5 Å². The summed E-state index contributed by atoms with van der Waals surface area (Å²) in [7, 11) is 0. The number of nitrogens with zero attached hydrogens (tertiary/aromatic N) is 1. The van der Waals surface area contributed by atoms with Crippen molar-refractivity contribution in [3.8, 4) is 0 Å². The lowest BCUT2D eigenvalue weighted by Gasteiger charge is -2.31. The Balaban J connectivity index is 1.87. The zero-order valence-corrected chi connectivity index (χ0v) is 21.1. The van der Waals surface area contributed by atoms with Crippen LogP contribution < -0.4 is 5.32 Å². The van der Waals surface area contributed by atoms with Gasteiger partial charge in [-0.25, -0.2) is 0 Å². The van der Waals surface area contributed by atoms with Crippen molar-refractivity contribution in [1.29, 1.82) is 0 Å². The van der Waals surface area contributed by atoms with Gasteiger partial charge in [-0.3, -0.25) is 9.59 Å². The highest BCUT2D eigenvalue weighted by atomic mass is 79.9. The molecular formula is C27H29BrN2O2S. The molecule has 172 valence electrons. The van der Waals surface area contributed by atoms with Crippen LogP contribution in [0.15, 0.2) is 94.3 Å². The van der Waals surface area contributed by atoms with Crippen LogP contribution in [0.5, 0.6) is 0 Å². The highest BCUT2D eigenvalue weighted by Crippen LogP contribution is 2.21. The van der Waals surface area contributed by atoms with E-state index in [0.29, 0.717) is 19.5 Å². The standard InChI is InChI=1S/C27H29BrN2O2S/c1-2-17-29-27(32)25(18-21-9-5-3-6-10-21)30(19-22-13-15-23(28)16-14-22)26(31)20-33-24-11-7-4-8-12-24/h3-16,25H,2,17-20H2,1H3,(H,29,32)/t25-/m1/s1. The van der Waals surface area contributed by atoms with Crippen molar-refractivity contribution >= 4 is 39.5 Å². The van der Waals surface area contributed by atoms with Gasteiger partial charge in [0.15, 0.2) is 0 Å². The van der Waals surface area contributed by atoms with E-state index in [1.54, 1.807) is 4.90 Å². The molecule has 0 unspecified atom stereocenters. The Labute approximate surface area is 208 Å². The van der Waals surface area contributed by atoms with E-state index in [2.05, 4.69) is 21.2 Å². The minimum Gasteiger partial charge on any atom is -0.354 e. The largest absolute Gasteiger partial charge is 0.354 e. The maximum absolute atomic E-state index is 13.5. The number of rotatable bonds is 11. The Morgan fingerprint density at radius 3 is 2.18 bits per heavy atom. The van der Waals surface area contributed by atoms with E-state index in [9.17, 15) is 9.59 Å². The van der Waals surface area contributed by atoms with Crippen molar-refractivity contribution in [1.82, 2.24) is 10.2 Å². The lowest BCUT2D eigenvalue weighted by Crippen LogP contribution is -2.51. The molecule has 0 aliphatic heterocycles. The summed E-state index contributed by atoms with van der Waals surface area (Å²) in [4.78, 5) is 29.5. The molecule has 6 heteroatoms. The molecule has 0 bridgehead atoms. The molecule has 0 aliphatic carbocycles. The summed E-state index contributed by atoms with van der Waals surface area (Å²) >= 11 is 4.96. The van der Waals surface area contributed by atoms with Crippen molar-refractivity contribution in [2.75, 3.05) is 12.3 Å². The van der Waals surface area contributed by atoms with Crippen molar-refractivity contribution in [3.63, 3.8) is 0 Å². The van der Waals surface area contributed by atoms with Gasteiger partial charge in [-0.15, -0.1) is 11.8 Å². The summed E-state index contributed by atoms with van der Waals surface area (Å²) in [5.74, 6) is 0.0996. The summed E-state index contributed by atoms with van der Waals surface area (Å²) in [6, 6.07) is 27.0. The molecule has 1 atom stereocenters. The van der Waals surface area contributed by atoms with Gasteiger partial charge in [0, 0.05) is 28.9 Å². The van der Waals surface area contributed by atoms with Gasteiger partial charge < -0.3 is 10.2 Å². The minimum absolute atomic E-state index is 0.0562. The number of amides is 2. The van der Waals surface area contributed by atoms with E-state index in [4.69, 9.17) is 0 Å². The second kappa shape index (κ2) is 13.2. The van der Waals surface area contributed by atoms with Gasteiger partial charge >= 0.3 is 0 Å². The molecule has 33 heavy (non-hydrogen) atoms. The van der Waals surface area contributed by atoms with Crippen molar-refractivity contribution < 1.29 is 9.59 Å². The summed E-state index contributed by atoms with van der Waals surface area (Å²) in [5, 5.41) is 3.01. The number of benzene rings is 3. The molecule has 0 aliphatic rings. The van der Waals surface area contributed by atoms with Gasteiger partial charge in [0.2, 0.25) is 11.8 Å². The normalized spacial score (nSPS) is 11.6. The number of hydrogen-bond acceptors (Lipinski definition) is 3. The number of carbonyl (C=O) groups is 2. The Morgan fingerprint density at radius 1 is 0.909 bits per heavy atom. The Bertz CT molecular complexity index is 1010. The van der Waals surface area contributed by atoms with Crippen LogP contribution in [0, 0.1) is 0 Å². The third kappa shape index (κ3) is 8.06. The Morgan fingerprint density at radius 2 is 1.55 bits per heavy atom. The fourth-order valence-corrected chi connectivity index (χ4v) is 4.52. The third-order valence-corrected chi connectivity index (χ3v) is 6.72. The maximum Gasteiger partial charge on any atom is 0.243 e. The molecule has 0 radical (unpaired) electrons. The van der Waals surface area contributed by atoms with E-state index in [1.165, 1.54) is 11.8 Å². The second-order valence-corrected chi connectivity index (χ2v) is 9.71. The maximum atomic E-state index is 13.5. The Hall–Kier alpha value is -2.57. The van der Waals surface area contributed by atoms with E-state index < -0.39 is 6.04 Å². The highest BCUT2D eigenvalue weighted by Gasteiger charge is 2.30. The second-order valence-electron chi connectivity index (χ2n) is 7.75. The van der Waals surface area contributed by atoms with Gasteiger partial charge in [0.05, 0.1) is 5.75 Å². The molecule has 3 aromatic carbocycles. The van der Waals surface area contributed by atoms with Crippen LogP contribution in [-0.2, 0) is 22.6 Å². The average molecular weight is 526 g/mol. The van der Waals surface area contributed by atoms with Gasteiger partial charge in [0.1, 0.15) is 6.04 Å². The van der Waals surface area contributed by atoms with Crippen LogP contribution in [-0.4, -0.2) is 35.1 Å². The van der Waals surface area contributed by atoms with Crippen LogP contribution in [0.2, 0.25) is 0 Å². The first-order valence-electron chi connectivity index (χ1n) is 11.1. The fourth-order valence-electron chi connectivity index (χ4n) is 3.45. The van der Waals surface area contributed by atoms with E-state index in [0.717, 1.165) is 26.9 Å². The Kier molecular flexibility index (Phi) is 10.0. The molecule has 4 nitrogen and oxygen atoms in total. The quantitative estimate of drug-likeness (QED) is 0.327. The lowest BCUT2D eigenvalue weighted by atomic mass is 10.0. The summed E-state index contributed by atoms with van der Waals surface area (Å²) in [5.41, 5.74) is 2.01. The molecule has 0 aromatic heterocycles. The zero-order valence-electron chi connectivity index (χ0n) is 18.7. The van der Waals surface area contributed by atoms with E-state index in [1.807, 2.05) is 91.9 Å². The van der Waals surface area contributed by atoms with Gasteiger partial charge in [-0.2, -0.15) is 0 Å². The number of halogens is 1. The van der Waals surface area contributed by atoms with E-state index in [-0.39, 0.29) is 17.6 Å². The molecular weight excluding hydrogens is 496 g/mol. The van der Waals surface area contributed by atoms with Crippen LogP contribution in [0.25, 0.3) is 0 Å². The summed E-state index contributed by atoms with van der Waals surface area (Å²) < 4.78 is 0.977. The van der Waals surface area contributed by atoms with Gasteiger partial charge in [-0.05, 0) is 41.8 Å². The number of carbonyl (C=O) groups excluding carboxylic acids is 2. The summed E-state index contributed by atoms with van der Waals surface area (Å²) in [6.07, 6.45) is 1.31. The van der Waals surface area contributed by atoms with Crippen LogP contribution in [0.3, 0.4) is 0 Å². The third-order valence-electron chi connectivity index (χ3n) is 5.19. The molecule has 0 fully saturated rings. The smallest absolute Gasteiger partial charge is 0.243 e. The molecule has 1 N–H and O–H groups in total. The van der Waals surface area contributed by atoms with E-state index >= 15 is 0 Å². The number of hydrogen-bond donors (Lipinski definition) is 1. The zero-order chi connectivity index (χ0) is 23.5. The first-order valence-corrected chi connectivity index (χ1v) is 12.9. The number of nitrogens with one attached hydrogen (secondary N) is 1. The topological polar surface area (TPSA) is 49.4 Å². The lowest BCUT2D eigenvalue weighted by molar-refractivity contribution is -0.139. The van der Waals surface area contributed by atoms with Crippen LogP contribution >= 0.6 is 27.7 Å². The SMILES string of the molecule is CCCNC(=O)[C@@H](Cc1ccccc1)N(Cc1ccc(Br)cc1)C(=O)CSc1ccccc1. The fraction of sp³-hybridized carbons (Fsp3) is 0.259. The molecule has 0 heterocycles. The van der Waals surface area contributed by atoms with Crippen molar-refractivity contribution in [2.45, 2.75) is 37.2 Å². The first-order chi connectivity index (χ1) is 16.1. The van der Waals surface area contributed by atoms with Crippen molar-refractivity contribution in [2.24, 2.45) is 0 Å². The van der Waals surface area contributed by atoms with Gasteiger partial charge in [-0.1, -0.05) is 83.5 Å². The van der Waals surface area contributed by atoms with Gasteiger partial charge in [0.25, 0.3) is 0 Å². The minimum atomic E-state index is -0.591. The van der Waals surface area contributed by atoms with Crippen molar-refractivity contribution in [3.05, 3.63) is 101 Å². The first kappa shape index (κ1) is 25.1. The number of thioether (sulfide) groups is 1. The molecule has 0 spiro atoms. The monoisotopic (exact) mass is 524 g/mol. The molecule has 0 saturated heterocycles. The predicted octanol–water partition coefficient (Wildman–Crippen LogP) is 5.71. The van der Waals surface area contributed by atoms with Crippen LogP contribution in [0.4, 0.5) is 0 Å². The summed E-state index contributed by atoms with van der Waals surface area (Å²) in [6.45, 7) is 2.98. The molecule has 3 aromatic rings. The molecule has 0 saturated carbocycles. The predicted molar refractivity (Wildman–Crippen MR) is 139 cm³/mol. The average Bonchev–Trinajstić information content (AvgIpc) is 2.85.